The van der Waals surface area contributed by atoms with E-state index in [9.17, 15) is 9.90 Å². The summed E-state index contributed by atoms with van der Waals surface area (Å²) in [5.74, 6) is -0.735. The predicted octanol–water partition coefficient (Wildman–Crippen LogP) is 1.36. The standard InChI is InChI=1S/C10H9NO3/c1-6-3-7(10(13)14-2)4-9(12)8(6)5-11/h3-4,12H,1-2H3. The summed E-state index contributed by atoms with van der Waals surface area (Å²) in [6, 6.07) is 4.57. The number of aromatic hydroxyl groups is 1. The summed E-state index contributed by atoms with van der Waals surface area (Å²) in [6.45, 7) is 1.64. The van der Waals surface area contributed by atoms with Crippen molar-refractivity contribution in [2.24, 2.45) is 0 Å². The van der Waals surface area contributed by atoms with E-state index >= 15 is 0 Å². The fraction of sp³-hybridized carbons (Fsp3) is 0.200. The summed E-state index contributed by atoms with van der Waals surface area (Å²) in [6.07, 6.45) is 0. The molecule has 4 nitrogen and oxygen atoms in total. The second-order valence-electron chi connectivity index (χ2n) is 2.79. The zero-order valence-corrected chi connectivity index (χ0v) is 7.87. The van der Waals surface area contributed by atoms with Crippen molar-refractivity contribution in [1.29, 1.82) is 5.26 Å². The molecule has 0 spiro atoms. The van der Waals surface area contributed by atoms with Gasteiger partial charge in [-0.25, -0.2) is 4.79 Å². The first kappa shape index (κ1) is 10.1. The second-order valence-corrected chi connectivity index (χ2v) is 2.79. The maximum Gasteiger partial charge on any atom is 0.337 e. The summed E-state index contributed by atoms with van der Waals surface area (Å²) >= 11 is 0. The van der Waals surface area contributed by atoms with Gasteiger partial charge >= 0.3 is 5.97 Å². The van der Waals surface area contributed by atoms with Gasteiger partial charge in [-0.1, -0.05) is 0 Å². The van der Waals surface area contributed by atoms with Crippen molar-refractivity contribution in [2.45, 2.75) is 6.92 Å². The van der Waals surface area contributed by atoms with Crippen LogP contribution in [0.5, 0.6) is 5.75 Å². The smallest absolute Gasteiger partial charge is 0.337 e. The van der Waals surface area contributed by atoms with Crippen molar-refractivity contribution in [3.8, 4) is 11.8 Å². The molecule has 0 aliphatic rings. The highest BCUT2D eigenvalue weighted by Crippen LogP contribution is 2.22. The van der Waals surface area contributed by atoms with Gasteiger partial charge in [0.15, 0.2) is 0 Å². The zero-order chi connectivity index (χ0) is 10.7. The maximum atomic E-state index is 11.1. The van der Waals surface area contributed by atoms with Gasteiger partial charge in [0, 0.05) is 0 Å². The number of hydrogen-bond acceptors (Lipinski definition) is 4. The van der Waals surface area contributed by atoms with Crippen molar-refractivity contribution < 1.29 is 14.6 Å². The lowest BCUT2D eigenvalue weighted by molar-refractivity contribution is 0.0600. The third-order valence-electron chi connectivity index (χ3n) is 1.85. The number of carbonyl (C=O) groups is 1. The van der Waals surface area contributed by atoms with Crippen molar-refractivity contribution in [2.75, 3.05) is 7.11 Å². The van der Waals surface area contributed by atoms with Crippen molar-refractivity contribution in [3.05, 3.63) is 28.8 Å². The second kappa shape index (κ2) is 3.79. The number of rotatable bonds is 1. The third-order valence-corrected chi connectivity index (χ3v) is 1.85. The van der Waals surface area contributed by atoms with E-state index in [2.05, 4.69) is 4.74 Å². The number of phenols is 1. The SMILES string of the molecule is COC(=O)c1cc(C)c(C#N)c(O)c1. The van der Waals surface area contributed by atoms with Crippen LogP contribution in [0.1, 0.15) is 21.5 Å². The number of ether oxygens (including phenoxy) is 1. The number of carbonyl (C=O) groups excluding carboxylic acids is 1. The molecule has 0 unspecified atom stereocenters. The van der Waals surface area contributed by atoms with E-state index in [1.807, 2.05) is 6.07 Å². The quantitative estimate of drug-likeness (QED) is 0.680. The number of nitriles is 1. The molecule has 0 aliphatic heterocycles. The lowest BCUT2D eigenvalue weighted by Gasteiger charge is -2.04. The Balaban J connectivity index is 3.29. The van der Waals surface area contributed by atoms with E-state index in [1.54, 1.807) is 6.92 Å². The Morgan fingerprint density at radius 1 is 1.57 bits per heavy atom. The van der Waals surface area contributed by atoms with Crippen LogP contribution < -0.4 is 0 Å². The molecule has 0 fully saturated rings. The van der Waals surface area contributed by atoms with Crippen LogP contribution in [0.3, 0.4) is 0 Å². The third kappa shape index (κ3) is 1.67. The molecule has 4 heteroatoms. The zero-order valence-electron chi connectivity index (χ0n) is 7.87. The number of methoxy groups -OCH3 is 1. The summed E-state index contributed by atoms with van der Waals surface area (Å²) in [5.41, 5.74) is 0.965. The van der Waals surface area contributed by atoms with Gasteiger partial charge in [-0.15, -0.1) is 0 Å². The summed E-state index contributed by atoms with van der Waals surface area (Å²) < 4.78 is 4.49. The maximum absolute atomic E-state index is 11.1. The lowest BCUT2D eigenvalue weighted by Crippen LogP contribution is -2.02. The Kier molecular flexibility index (Phi) is 2.73. The highest BCUT2D eigenvalue weighted by Gasteiger charge is 2.11. The fourth-order valence-corrected chi connectivity index (χ4v) is 1.15. The van der Waals surface area contributed by atoms with E-state index < -0.39 is 5.97 Å². The first-order valence-electron chi connectivity index (χ1n) is 3.92. The minimum absolute atomic E-state index is 0.178. The van der Waals surface area contributed by atoms with Crippen LogP contribution in [0.2, 0.25) is 0 Å². The van der Waals surface area contributed by atoms with Crippen molar-refractivity contribution in [1.82, 2.24) is 0 Å². The summed E-state index contributed by atoms with van der Waals surface area (Å²) in [7, 11) is 1.26. The molecule has 0 saturated carbocycles. The molecule has 0 atom stereocenters. The first-order valence-corrected chi connectivity index (χ1v) is 3.92. The lowest BCUT2D eigenvalue weighted by atomic mass is 10.0. The summed E-state index contributed by atoms with van der Waals surface area (Å²) in [5, 5.41) is 18.0. The minimum atomic E-state index is -0.534. The van der Waals surface area contributed by atoms with Gasteiger partial charge in [0.2, 0.25) is 0 Å². The average molecular weight is 191 g/mol. The van der Waals surface area contributed by atoms with E-state index in [1.165, 1.54) is 19.2 Å². The van der Waals surface area contributed by atoms with Crippen LogP contribution in [-0.2, 0) is 4.74 Å². The Bertz CT molecular complexity index is 395. The molecule has 1 rings (SSSR count). The van der Waals surface area contributed by atoms with E-state index in [4.69, 9.17) is 5.26 Å². The number of nitrogens with zero attached hydrogens (tertiary/aromatic N) is 1. The molecule has 0 bridgehead atoms. The molecule has 0 aliphatic carbocycles. The number of aryl methyl sites for hydroxylation is 1. The topological polar surface area (TPSA) is 70.3 Å². The minimum Gasteiger partial charge on any atom is -0.507 e. The molecule has 72 valence electrons. The molecule has 0 heterocycles. The van der Waals surface area contributed by atoms with Crippen LogP contribution in [0, 0.1) is 18.3 Å². The Labute approximate surface area is 81.4 Å². The molecular formula is C10H9NO3. The largest absolute Gasteiger partial charge is 0.507 e. The predicted molar refractivity (Wildman–Crippen MR) is 48.9 cm³/mol. The number of phenolic OH excluding ortho intramolecular Hbond substituents is 1. The number of hydrogen-bond donors (Lipinski definition) is 1. The van der Waals surface area contributed by atoms with Gasteiger partial charge in [-0.2, -0.15) is 5.26 Å². The normalized spacial score (nSPS) is 9.21. The van der Waals surface area contributed by atoms with Crippen molar-refractivity contribution >= 4 is 5.97 Å². The van der Waals surface area contributed by atoms with Crippen LogP contribution in [-0.4, -0.2) is 18.2 Å². The van der Waals surface area contributed by atoms with Gasteiger partial charge in [-0.05, 0) is 24.6 Å². The molecule has 14 heavy (non-hydrogen) atoms. The molecule has 0 aromatic heterocycles. The number of benzene rings is 1. The first-order chi connectivity index (χ1) is 6.60. The Hall–Kier alpha value is -2.02. The monoisotopic (exact) mass is 191 g/mol. The molecule has 1 N–H and O–H groups in total. The Morgan fingerprint density at radius 2 is 2.21 bits per heavy atom. The van der Waals surface area contributed by atoms with Crippen LogP contribution in [0.15, 0.2) is 12.1 Å². The van der Waals surface area contributed by atoms with Crippen molar-refractivity contribution in [3.63, 3.8) is 0 Å². The van der Waals surface area contributed by atoms with Crippen LogP contribution in [0.4, 0.5) is 0 Å². The van der Waals surface area contributed by atoms with Gasteiger partial charge in [0.25, 0.3) is 0 Å². The molecule has 1 aromatic rings. The molecule has 0 saturated heterocycles. The average Bonchev–Trinajstić information content (AvgIpc) is 2.16. The van der Waals surface area contributed by atoms with Crippen LogP contribution in [0.25, 0.3) is 0 Å². The van der Waals surface area contributed by atoms with E-state index in [-0.39, 0.29) is 16.9 Å². The fourth-order valence-electron chi connectivity index (χ4n) is 1.15. The highest BCUT2D eigenvalue weighted by molar-refractivity contribution is 5.90. The molecule has 0 radical (unpaired) electrons. The van der Waals surface area contributed by atoms with E-state index in [0.717, 1.165) is 0 Å². The summed E-state index contributed by atoms with van der Waals surface area (Å²) in [4.78, 5) is 11.1. The molecular weight excluding hydrogens is 182 g/mol. The number of esters is 1. The molecule has 1 aromatic carbocycles. The van der Waals surface area contributed by atoms with Gasteiger partial charge < -0.3 is 9.84 Å². The van der Waals surface area contributed by atoms with Gasteiger partial charge in [0.05, 0.1) is 18.2 Å². The Morgan fingerprint density at radius 3 is 2.64 bits per heavy atom. The molecule has 0 amide bonds. The van der Waals surface area contributed by atoms with Gasteiger partial charge in [-0.3, -0.25) is 0 Å². The van der Waals surface area contributed by atoms with Crippen LogP contribution >= 0.6 is 0 Å². The highest BCUT2D eigenvalue weighted by atomic mass is 16.5. The van der Waals surface area contributed by atoms with Gasteiger partial charge in [0.1, 0.15) is 11.8 Å². The van der Waals surface area contributed by atoms with E-state index in [0.29, 0.717) is 5.56 Å².